The summed E-state index contributed by atoms with van der Waals surface area (Å²) < 4.78 is 8.19. The Morgan fingerprint density at radius 1 is 1.30 bits per heavy atom. The van der Waals surface area contributed by atoms with Crippen LogP contribution in [-0.4, -0.2) is 48.4 Å². The highest BCUT2D eigenvalue weighted by Crippen LogP contribution is 2.14. The summed E-state index contributed by atoms with van der Waals surface area (Å²) >= 11 is 0. The molecule has 4 nitrogen and oxygen atoms in total. The Morgan fingerprint density at radius 2 is 2.10 bits per heavy atom. The van der Waals surface area contributed by atoms with Crippen molar-refractivity contribution < 1.29 is 4.74 Å². The first-order valence-corrected chi connectivity index (χ1v) is 7.86. The van der Waals surface area contributed by atoms with Gasteiger partial charge in [-0.05, 0) is 38.9 Å². The molecule has 0 aliphatic carbocycles. The fourth-order valence-electron chi connectivity index (χ4n) is 3.10. The summed E-state index contributed by atoms with van der Waals surface area (Å²) in [6.07, 6.45) is 0.332. The minimum absolute atomic E-state index is 0.332. The molecule has 0 aromatic carbocycles. The predicted molar refractivity (Wildman–Crippen MR) is 83.1 cm³/mol. The molecule has 0 amide bonds. The molecule has 1 aliphatic heterocycles. The molecule has 2 rings (SSSR count). The van der Waals surface area contributed by atoms with Gasteiger partial charge in [0.1, 0.15) is 0 Å². The summed E-state index contributed by atoms with van der Waals surface area (Å²) in [5, 5.41) is 3.56. The molecule has 1 aromatic rings. The predicted octanol–water partition coefficient (Wildman–Crippen LogP) is 1.94. The zero-order valence-electron chi connectivity index (χ0n) is 13.4. The number of hydrogen-bond acceptors (Lipinski definition) is 3. The molecule has 0 spiro atoms. The highest BCUT2D eigenvalue weighted by Gasteiger charge is 2.18. The maximum atomic E-state index is 5.82. The monoisotopic (exact) mass is 279 g/mol. The zero-order chi connectivity index (χ0) is 14.5. The van der Waals surface area contributed by atoms with E-state index in [0.717, 1.165) is 45.9 Å². The van der Waals surface area contributed by atoms with Gasteiger partial charge in [-0.3, -0.25) is 4.90 Å². The molecule has 1 aliphatic rings. The van der Waals surface area contributed by atoms with Crippen LogP contribution in [0.5, 0.6) is 0 Å². The largest absolute Gasteiger partial charge is 0.374 e. The van der Waals surface area contributed by atoms with Crippen molar-refractivity contribution in [2.45, 2.75) is 46.9 Å². The van der Waals surface area contributed by atoms with Crippen LogP contribution in [0.4, 0.5) is 0 Å². The Labute approximate surface area is 123 Å². The van der Waals surface area contributed by atoms with Gasteiger partial charge < -0.3 is 14.6 Å². The lowest BCUT2D eigenvalue weighted by molar-refractivity contribution is -0.0253. The molecule has 0 radical (unpaired) electrons. The van der Waals surface area contributed by atoms with Crippen LogP contribution in [-0.2, 0) is 17.8 Å². The van der Waals surface area contributed by atoms with E-state index in [1.807, 2.05) is 0 Å². The summed E-state index contributed by atoms with van der Waals surface area (Å²) in [5.74, 6) is 0. The summed E-state index contributed by atoms with van der Waals surface area (Å²) in [6, 6.07) is 2.30. The number of rotatable bonds is 6. The van der Waals surface area contributed by atoms with Crippen molar-refractivity contribution in [2.75, 3.05) is 32.8 Å². The van der Waals surface area contributed by atoms with E-state index in [4.69, 9.17) is 4.74 Å². The molecular formula is C16H29N3O. The van der Waals surface area contributed by atoms with Crippen LogP contribution in [0, 0.1) is 13.8 Å². The summed E-state index contributed by atoms with van der Waals surface area (Å²) in [7, 11) is 0. The third-order valence-electron chi connectivity index (χ3n) is 4.35. The van der Waals surface area contributed by atoms with Crippen LogP contribution in [0.15, 0.2) is 6.07 Å². The first-order valence-electron chi connectivity index (χ1n) is 7.86. The van der Waals surface area contributed by atoms with Gasteiger partial charge in [0.25, 0.3) is 0 Å². The minimum atomic E-state index is 0.332. The molecule has 1 unspecified atom stereocenters. The second-order valence-electron chi connectivity index (χ2n) is 5.66. The Balaban J connectivity index is 1.81. The lowest BCUT2D eigenvalue weighted by atomic mass is 10.2. The SMILES string of the molecule is CCN1CCOC(CNCc2cc(C)n(CC)c2C)C1. The van der Waals surface area contributed by atoms with Crippen molar-refractivity contribution in [1.29, 1.82) is 0 Å². The van der Waals surface area contributed by atoms with Crippen LogP contribution < -0.4 is 5.32 Å². The van der Waals surface area contributed by atoms with Gasteiger partial charge in [0.2, 0.25) is 0 Å². The van der Waals surface area contributed by atoms with Gasteiger partial charge in [0.05, 0.1) is 12.7 Å². The van der Waals surface area contributed by atoms with E-state index in [1.54, 1.807) is 0 Å². The van der Waals surface area contributed by atoms with Crippen LogP contribution in [0.2, 0.25) is 0 Å². The fourth-order valence-corrected chi connectivity index (χ4v) is 3.10. The number of ether oxygens (including phenoxy) is 1. The van der Waals surface area contributed by atoms with Crippen molar-refractivity contribution in [2.24, 2.45) is 0 Å². The lowest BCUT2D eigenvalue weighted by Gasteiger charge is -2.32. The number of likely N-dealkylation sites (N-methyl/N-ethyl adjacent to an activating group) is 1. The van der Waals surface area contributed by atoms with E-state index in [1.165, 1.54) is 17.0 Å². The molecular weight excluding hydrogens is 250 g/mol. The Kier molecular flexibility index (Phi) is 5.64. The van der Waals surface area contributed by atoms with Gasteiger partial charge in [0.15, 0.2) is 0 Å². The molecule has 1 aromatic heterocycles. The number of morpholine rings is 1. The Morgan fingerprint density at radius 3 is 2.75 bits per heavy atom. The topological polar surface area (TPSA) is 29.4 Å². The van der Waals surface area contributed by atoms with Crippen LogP contribution in [0.3, 0.4) is 0 Å². The van der Waals surface area contributed by atoms with Gasteiger partial charge in [-0.25, -0.2) is 0 Å². The van der Waals surface area contributed by atoms with Gasteiger partial charge >= 0.3 is 0 Å². The Hall–Kier alpha value is -0.840. The molecule has 20 heavy (non-hydrogen) atoms. The fraction of sp³-hybridized carbons (Fsp3) is 0.750. The summed E-state index contributed by atoms with van der Waals surface area (Å²) in [4.78, 5) is 2.46. The first-order chi connectivity index (χ1) is 9.65. The number of nitrogens with one attached hydrogen (secondary N) is 1. The number of aromatic nitrogens is 1. The molecule has 1 fully saturated rings. The first kappa shape index (κ1) is 15.5. The molecule has 4 heteroatoms. The molecule has 0 bridgehead atoms. The second-order valence-corrected chi connectivity index (χ2v) is 5.66. The van der Waals surface area contributed by atoms with E-state index in [9.17, 15) is 0 Å². The maximum Gasteiger partial charge on any atom is 0.0826 e. The average Bonchev–Trinajstić information content (AvgIpc) is 2.73. The quantitative estimate of drug-likeness (QED) is 0.863. The van der Waals surface area contributed by atoms with E-state index in [-0.39, 0.29) is 0 Å². The summed E-state index contributed by atoms with van der Waals surface area (Å²) in [6.45, 7) is 15.9. The molecule has 1 N–H and O–H groups in total. The third-order valence-corrected chi connectivity index (χ3v) is 4.35. The van der Waals surface area contributed by atoms with Gasteiger partial charge in [-0.1, -0.05) is 6.92 Å². The summed E-state index contributed by atoms with van der Waals surface area (Å²) in [5.41, 5.74) is 4.15. The third kappa shape index (κ3) is 3.62. The molecule has 0 saturated carbocycles. The Bertz CT molecular complexity index is 428. The molecule has 1 saturated heterocycles. The van der Waals surface area contributed by atoms with Crippen LogP contribution >= 0.6 is 0 Å². The standard InChI is InChI=1S/C16H29N3O/c1-5-18-7-8-20-16(12-18)11-17-10-15-9-13(3)19(6-2)14(15)4/h9,16-17H,5-8,10-12H2,1-4H3. The van der Waals surface area contributed by atoms with Gasteiger partial charge in [-0.2, -0.15) is 0 Å². The normalized spacial score (nSPS) is 20.5. The van der Waals surface area contributed by atoms with Crippen molar-refractivity contribution in [3.63, 3.8) is 0 Å². The highest BCUT2D eigenvalue weighted by atomic mass is 16.5. The van der Waals surface area contributed by atoms with Crippen molar-refractivity contribution in [3.05, 3.63) is 23.0 Å². The van der Waals surface area contributed by atoms with E-state index >= 15 is 0 Å². The van der Waals surface area contributed by atoms with Gasteiger partial charge in [0, 0.05) is 44.1 Å². The van der Waals surface area contributed by atoms with E-state index in [2.05, 4.69) is 48.5 Å². The number of nitrogens with zero attached hydrogens (tertiary/aromatic N) is 2. The van der Waals surface area contributed by atoms with Crippen LogP contribution in [0.25, 0.3) is 0 Å². The van der Waals surface area contributed by atoms with Gasteiger partial charge in [-0.15, -0.1) is 0 Å². The maximum absolute atomic E-state index is 5.82. The minimum Gasteiger partial charge on any atom is -0.374 e. The number of hydrogen-bond donors (Lipinski definition) is 1. The van der Waals surface area contributed by atoms with Crippen LogP contribution in [0.1, 0.15) is 30.8 Å². The van der Waals surface area contributed by atoms with Crippen molar-refractivity contribution in [3.8, 4) is 0 Å². The average molecular weight is 279 g/mol. The smallest absolute Gasteiger partial charge is 0.0826 e. The zero-order valence-corrected chi connectivity index (χ0v) is 13.4. The molecule has 2 heterocycles. The van der Waals surface area contributed by atoms with E-state index in [0.29, 0.717) is 6.10 Å². The number of aryl methyl sites for hydroxylation is 1. The lowest BCUT2D eigenvalue weighted by Crippen LogP contribution is -2.46. The van der Waals surface area contributed by atoms with Crippen molar-refractivity contribution >= 4 is 0 Å². The van der Waals surface area contributed by atoms with E-state index < -0.39 is 0 Å². The van der Waals surface area contributed by atoms with Crippen molar-refractivity contribution in [1.82, 2.24) is 14.8 Å². The molecule has 114 valence electrons. The second kappa shape index (κ2) is 7.25. The highest BCUT2D eigenvalue weighted by molar-refractivity contribution is 5.26. The molecule has 1 atom stereocenters.